The van der Waals surface area contributed by atoms with E-state index >= 15 is 0 Å². The van der Waals surface area contributed by atoms with Gasteiger partial charge in [-0.05, 0) is 19.1 Å². The first-order chi connectivity index (χ1) is 11.5. The topological polar surface area (TPSA) is 57.5 Å². The maximum Gasteiger partial charge on any atom is 0.242 e. The molecule has 0 radical (unpaired) electrons. The van der Waals surface area contributed by atoms with Gasteiger partial charge >= 0.3 is 0 Å². The molecule has 0 aliphatic carbocycles. The number of carbonyl (C=O) groups is 1. The molecule has 0 bridgehead atoms. The first-order valence-electron chi connectivity index (χ1n) is 8.19. The van der Waals surface area contributed by atoms with Crippen LogP contribution in [0.5, 0.6) is 0 Å². The molecule has 0 saturated carbocycles. The van der Waals surface area contributed by atoms with E-state index in [1.54, 1.807) is 0 Å². The van der Waals surface area contributed by atoms with Crippen LogP contribution < -0.4 is 9.80 Å². The van der Waals surface area contributed by atoms with Gasteiger partial charge < -0.3 is 19.3 Å². The van der Waals surface area contributed by atoms with Crippen molar-refractivity contribution in [2.75, 3.05) is 50.1 Å². The van der Waals surface area contributed by atoms with Crippen molar-refractivity contribution in [2.45, 2.75) is 13.5 Å². The van der Waals surface area contributed by atoms with Crippen molar-refractivity contribution < 1.29 is 4.79 Å². The second-order valence-corrected chi connectivity index (χ2v) is 6.25. The lowest BCUT2D eigenvalue weighted by atomic mass is 10.3. The highest BCUT2D eigenvalue weighted by Crippen LogP contribution is 2.19. The van der Waals surface area contributed by atoms with Crippen molar-refractivity contribution >= 4 is 17.5 Å². The molecule has 1 aliphatic rings. The number of anilines is 2. The first kappa shape index (κ1) is 16.3. The second kappa shape index (κ2) is 6.90. The highest BCUT2D eigenvalue weighted by molar-refractivity contribution is 5.76. The normalized spacial score (nSPS) is 14.8. The Balaban J connectivity index is 1.61. The van der Waals surface area contributed by atoms with Gasteiger partial charge in [-0.25, -0.2) is 9.97 Å². The zero-order valence-electron chi connectivity index (χ0n) is 14.5. The largest absolute Gasteiger partial charge is 0.363 e. The SMILES string of the molecule is Cc1nc(N(C)C)cc(N2CCN(C(=O)Cn3cccc3)CC2)n1. The summed E-state index contributed by atoms with van der Waals surface area (Å²) >= 11 is 0. The summed E-state index contributed by atoms with van der Waals surface area (Å²) in [7, 11) is 3.95. The molecule has 0 N–H and O–H groups in total. The van der Waals surface area contributed by atoms with E-state index in [2.05, 4.69) is 14.9 Å². The molecule has 0 aromatic carbocycles. The number of piperazine rings is 1. The van der Waals surface area contributed by atoms with Crippen LogP contribution in [0.25, 0.3) is 0 Å². The highest BCUT2D eigenvalue weighted by Gasteiger charge is 2.22. The van der Waals surface area contributed by atoms with Crippen LogP contribution in [0.4, 0.5) is 11.6 Å². The molecule has 1 saturated heterocycles. The van der Waals surface area contributed by atoms with Crippen molar-refractivity contribution in [1.29, 1.82) is 0 Å². The smallest absolute Gasteiger partial charge is 0.242 e. The third-order valence-corrected chi connectivity index (χ3v) is 4.21. The monoisotopic (exact) mass is 328 g/mol. The molecule has 3 heterocycles. The quantitative estimate of drug-likeness (QED) is 0.838. The van der Waals surface area contributed by atoms with Crippen LogP contribution in [0.15, 0.2) is 30.6 Å². The van der Waals surface area contributed by atoms with Crippen LogP contribution in [0, 0.1) is 6.92 Å². The molecule has 0 spiro atoms. The van der Waals surface area contributed by atoms with Gasteiger partial charge in [0.05, 0.1) is 0 Å². The third-order valence-electron chi connectivity index (χ3n) is 4.21. The molecule has 2 aromatic rings. The van der Waals surface area contributed by atoms with E-state index in [0.717, 1.165) is 43.6 Å². The number of aromatic nitrogens is 3. The maximum atomic E-state index is 12.4. The summed E-state index contributed by atoms with van der Waals surface area (Å²) < 4.78 is 1.91. The van der Waals surface area contributed by atoms with Gasteiger partial charge in [0.1, 0.15) is 24.0 Å². The average Bonchev–Trinajstić information content (AvgIpc) is 3.07. The van der Waals surface area contributed by atoms with E-state index in [-0.39, 0.29) is 5.91 Å². The van der Waals surface area contributed by atoms with Gasteiger partial charge in [0.25, 0.3) is 0 Å². The Morgan fingerprint density at radius 2 is 1.79 bits per heavy atom. The van der Waals surface area contributed by atoms with Gasteiger partial charge in [-0.3, -0.25) is 4.79 Å². The minimum Gasteiger partial charge on any atom is -0.363 e. The fourth-order valence-corrected chi connectivity index (χ4v) is 2.84. The Morgan fingerprint density at radius 3 is 2.42 bits per heavy atom. The molecule has 0 atom stereocenters. The standard InChI is InChI=1S/C17H24N6O/c1-14-18-15(20(2)3)12-16(19-14)22-8-10-23(11-9-22)17(24)13-21-6-4-5-7-21/h4-7,12H,8-11,13H2,1-3H3. The number of hydrogen-bond donors (Lipinski definition) is 0. The Kier molecular flexibility index (Phi) is 4.69. The van der Waals surface area contributed by atoms with Gasteiger partial charge in [-0.15, -0.1) is 0 Å². The minimum absolute atomic E-state index is 0.165. The van der Waals surface area contributed by atoms with Crippen molar-refractivity contribution in [1.82, 2.24) is 19.4 Å². The van der Waals surface area contributed by atoms with Crippen molar-refractivity contribution in [3.8, 4) is 0 Å². The van der Waals surface area contributed by atoms with Crippen LogP contribution in [-0.2, 0) is 11.3 Å². The van der Waals surface area contributed by atoms with Crippen molar-refractivity contribution in [3.63, 3.8) is 0 Å². The Bertz CT molecular complexity index is 689. The zero-order valence-corrected chi connectivity index (χ0v) is 14.5. The predicted octanol–water partition coefficient (Wildman–Crippen LogP) is 1.00. The molecule has 128 valence electrons. The molecule has 3 rings (SSSR count). The molecular formula is C17H24N6O. The summed E-state index contributed by atoms with van der Waals surface area (Å²) in [6, 6.07) is 5.88. The summed E-state index contributed by atoms with van der Waals surface area (Å²) in [4.78, 5) is 27.5. The number of amides is 1. The van der Waals surface area contributed by atoms with Crippen LogP contribution in [0.1, 0.15) is 5.82 Å². The zero-order chi connectivity index (χ0) is 17.1. The fraction of sp³-hybridized carbons (Fsp3) is 0.471. The summed E-state index contributed by atoms with van der Waals surface area (Å²) in [6.45, 7) is 5.35. The number of rotatable bonds is 4. The lowest BCUT2D eigenvalue weighted by molar-refractivity contribution is -0.132. The van der Waals surface area contributed by atoms with E-state index in [4.69, 9.17) is 0 Å². The number of hydrogen-bond acceptors (Lipinski definition) is 5. The Morgan fingerprint density at radius 1 is 1.12 bits per heavy atom. The van der Waals surface area contributed by atoms with E-state index in [1.165, 1.54) is 0 Å². The summed E-state index contributed by atoms with van der Waals surface area (Å²) in [5.74, 6) is 2.77. The molecule has 24 heavy (non-hydrogen) atoms. The fourth-order valence-electron chi connectivity index (χ4n) is 2.84. The van der Waals surface area contributed by atoms with Crippen molar-refractivity contribution in [3.05, 3.63) is 36.4 Å². The summed E-state index contributed by atoms with van der Waals surface area (Å²) in [5, 5.41) is 0. The highest BCUT2D eigenvalue weighted by atomic mass is 16.2. The van der Waals surface area contributed by atoms with E-state index < -0.39 is 0 Å². The number of nitrogens with zero attached hydrogens (tertiary/aromatic N) is 6. The van der Waals surface area contributed by atoms with Crippen molar-refractivity contribution in [2.24, 2.45) is 0 Å². The third kappa shape index (κ3) is 3.67. The molecule has 1 fully saturated rings. The van der Waals surface area contributed by atoms with Gasteiger partial charge in [-0.1, -0.05) is 0 Å². The minimum atomic E-state index is 0.165. The molecule has 0 unspecified atom stereocenters. The van der Waals surface area contributed by atoms with Gasteiger partial charge in [0, 0.05) is 58.7 Å². The van der Waals surface area contributed by atoms with Crippen LogP contribution in [0.3, 0.4) is 0 Å². The van der Waals surface area contributed by atoms with E-state index in [9.17, 15) is 4.79 Å². The Labute approximate surface area is 142 Å². The lowest BCUT2D eigenvalue weighted by Crippen LogP contribution is -2.49. The number of carbonyl (C=O) groups excluding carboxylic acids is 1. The first-order valence-corrected chi connectivity index (χ1v) is 8.19. The molecule has 1 aliphatic heterocycles. The summed E-state index contributed by atoms with van der Waals surface area (Å²) in [5.41, 5.74) is 0. The molecule has 2 aromatic heterocycles. The van der Waals surface area contributed by atoms with Crippen LogP contribution in [0.2, 0.25) is 0 Å². The van der Waals surface area contributed by atoms with E-state index in [1.807, 2.05) is 66.0 Å². The maximum absolute atomic E-state index is 12.4. The molecule has 1 amide bonds. The molecule has 7 nitrogen and oxygen atoms in total. The second-order valence-electron chi connectivity index (χ2n) is 6.25. The summed E-state index contributed by atoms with van der Waals surface area (Å²) in [6.07, 6.45) is 3.83. The molecule has 7 heteroatoms. The van der Waals surface area contributed by atoms with Crippen LogP contribution in [-0.4, -0.2) is 65.6 Å². The average molecular weight is 328 g/mol. The number of aryl methyl sites for hydroxylation is 1. The van der Waals surface area contributed by atoms with Gasteiger partial charge in [-0.2, -0.15) is 0 Å². The Hall–Kier alpha value is -2.57. The molecular weight excluding hydrogens is 304 g/mol. The van der Waals surface area contributed by atoms with Gasteiger partial charge in [0.2, 0.25) is 5.91 Å². The lowest BCUT2D eigenvalue weighted by Gasteiger charge is -2.35. The van der Waals surface area contributed by atoms with Crippen LogP contribution >= 0.6 is 0 Å². The van der Waals surface area contributed by atoms with Gasteiger partial charge in [0.15, 0.2) is 0 Å². The predicted molar refractivity (Wildman–Crippen MR) is 94.3 cm³/mol. The van der Waals surface area contributed by atoms with E-state index in [0.29, 0.717) is 6.54 Å².